The number of aromatic nitrogens is 2. The molecule has 1 N–H and O–H groups in total. The van der Waals surface area contributed by atoms with Gasteiger partial charge < -0.3 is 10.2 Å². The Morgan fingerprint density at radius 1 is 1.25 bits per heavy atom. The minimum atomic E-state index is -0.136. The predicted molar refractivity (Wildman–Crippen MR) is 79.9 cm³/mol. The number of piperidine rings is 1. The van der Waals surface area contributed by atoms with Crippen LogP contribution in [0.4, 0.5) is 5.82 Å². The van der Waals surface area contributed by atoms with Crippen LogP contribution in [0.15, 0.2) is 12.4 Å². The maximum absolute atomic E-state index is 11.9. The van der Waals surface area contributed by atoms with Gasteiger partial charge in [-0.25, -0.2) is 9.97 Å². The highest BCUT2D eigenvalue weighted by Gasteiger charge is 2.13. The van der Waals surface area contributed by atoms with Crippen molar-refractivity contribution >= 4 is 11.7 Å². The Balaban J connectivity index is 1.88. The second-order valence-electron chi connectivity index (χ2n) is 5.75. The van der Waals surface area contributed by atoms with E-state index in [4.69, 9.17) is 0 Å². The molecule has 1 aromatic rings. The van der Waals surface area contributed by atoms with Crippen molar-refractivity contribution in [1.29, 1.82) is 0 Å². The fourth-order valence-electron chi connectivity index (χ4n) is 2.29. The lowest BCUT2D eigenvalue weighted by molar-refractivity contribution is 0.0946. The van der Waals surface area contributed by atoms with Crippen LogP contribution in [0, 0.1) is 5.92 Å². The predicted octanol–water partition coefficient (Wildman–Crippen LogP) is 2.24. The molecule has 0 atom stereocenters. The molecule has 5 heteroatoms. The number of nitrogens with one attached hydrogen (secondary N) is 1. The van der Waals surface area contributed by atoms with Crippen molar-refractivity contribution in [1.82, 2.24) is 15.3 Å². The average molecular weight is 276 g/mol. The van der Waals surface area contributed by atoms with E-state index >= 15 is 0 Å². The molecular weight excluding hydrogens is 252 g/mol. The molecule has 1 aromatic heterocycles. The SMILES string of the molecule is CC(C)CCNC(=O)c1cnc(N2CCCCC2)cn1. The number of nitrogens with zero attached hydrogens (tertiary/aromatic N) is 3. The second-order valence-corrected chi connectivity index (χ2v) is 5.75. The molecule has 1 amide bonds. The number of hydrogen-bond donors (Lipinski definition) is 1. The summed E-state index contributed by atoms with van der Waals surface area (Å²) in [6.07, 6.45) is 7.97. The molecule has 2 heterocycles. The summed E-state index contributed by atoms with van der Waals surface area (Å²) >= 11 is 0. The molecule has 1 aliphatic rings. The molecule has 0 aromatic carbocycles. The molecule has 0 radical (unpaired) electrons. The third-order valence-electron chi connectivity index (χ3n) is 3.56. The summed E-state index contributed by atoms with van der Waals surface area (Å²) in [5.74, 6) is 1.33. The first-order chi connectivity index (χ1) is 9.66. The average Bonchev–Trinajstić information content (AvgIpc) is 2.48. The highest BCUT2D eigenvalue weighted by Crippen LogP contribution is 2.16. The second kappa shape index (κ2) is 7.22. The highest BCUT2D eigenvalue weighted by atomic mass is 16.1. The van der Waals surface area contributed by atoms with Crippen molar-refractivity contribution in [2.75, 3.05) is 24.5 Å². The summed E-state index contributed by atoms with van der Waals surface area (Å²) in [6.45, 7) is 7.04. The first-order valence-electron chi connectivity index (χ1n) is 7.52. The van der Waals surface area contributed by atoms with Crippen LogP contribution in [0.2, 0.25) is 0 Å². The zero-order valence-electron chi connectivity index (χ0n) is 12.4. The van der Waals surface area contributed by atoms with E-state index in [0.29, 0.717) is 18.2 Å². The normalized spacial score (nSPS) is 15.4. The van der Waals surface area contributed by atoms with Gasteiger partial charge in [0, 0.05) is 19.6 Å². The van der Waals surface area contributed by atoms with Gasteiger partial charge in [-0.15, -0.1) is 0 Å². The van der Waals surface area contributed by atoms with Crippen molar-refractivity contribution in [3.63, 3.8) is 0 Å². The maximum atomic E-state index is 11.9. The first-order valence-corrected chi connectivity index (χ1v) is 7.52. The number of rotatable bonds is 5. The van der Waals surface area contributed by atoms with Crippen molar-refractivity contribution in [3.05, 3.63) is 18.1 Å². The van der Waals surface area contributed by atoms with E-state index in [-0.39, 0.29) is 5.91 Å². The third-order valence-corrected chi connectivity index (χ3v) is 3.56. The van der Waals surface area contributed by atoms with Crippen LogP contribution < -0.4 is 10.2 Å². The van der Waals surface area contributed by atoms with E-state index in [1.807, 2.05) is 0 Å². The van der Waals surface area contributed by atoms with E-state index < -0.39 is 0 Å². The van der Waals surface area contributed by atoms with Gasteiger partial charge in [-0.2, -0.15) is 0 Å². The molecular formula is C15H24N4O. The molecule has 0 aliphatic carbocycles. The molecule has 5 nitrogen and oxygen atoms in total. The Morgan fingerprint density at radius 3 is 2.60 bits per heavy atom. The Morgan fingerprint density at radius 2 is 2.00 bits per heavy atom. The zero-order valence-corrected chi connectivity index (χ0v) is 12.4. The van der Waals surface area contributed by atoms with E-state index in [1.165, 1.54) is 19.3 Å². The Kier molecular flexibility index (Phi) is 5.32. The molecule has 0 unspecified atom stereocenters. The Labute approximate surface area is 120 Å². The fraction of sp³-hybridized carbons (Fsp3) is 0.667. The molecule has 20 heavy (non-hydrogen) atoms. The highest BCUT2D eigenvalue weighted by molar-refractivity contribution is 5.91. The molecule has 2 rings (SSSR count). The lowest BCUT2D eigenvalue weighted by atomic mass is 10.1. The number of amides is 1. The standard InChI is InChI=1S/C15H24N4O/c1-12(2)6-7-16-15(20)13-10-18-14(11-17-13)19-8-4-3-5-9-19/h10-12H,3-9H2,1-2H3,(H,16,20). The van der Waals surface area contributed by atoms with Gasteiger partial charge in [0.1, 0.15) is 11.5 Å². The topological polar surface area (TPSA) is 58.1 Å². The van der Waals surface area contributed by atoms with Crippen LogP contribution in [-0.2, 0) is 0 Å². The molecule has 1 aliphatic heterocycles. The molecule has 1 saturated heterocycles. The zero-order chi connectivity index (χ0) is 14.4. The summed E-state index contributed by atoms with van der Waals surface area (Å²) in [6, 6.07) is 0. The number of carbonyl (C=O) groups is 1. The van der Waals surface area contributed by atoms with E-state index in [9.17, 15) is 4.79 Å². The summed E-state index contributed by atoms with van der Waals surface area (Å²) in [5, 5.41) is 2.87. The van der Waals surface area contributed by atoms with Crippen LogP contribution in [0.1, 0.15) is 50.0 Å². The van der Waals surface area contributed by atoms with Crippen LogP contribution in [-0.4, -0.2) is 35.5 Å². The van der Waals surface area contributed by atoms with Gasteiger partial charge in [-0.1, -0.05) is 13.8 Å². The van der Waals surface area contributed by atoms with Gasteiger partial charge in [-0.05, 0) is 31.6 Å². The van der Waals surface area contributed by atoms with E-state index in [2.05, 4.69) is 34.0 Å². The molecule has 0 saturated carbocycles. The summed E-state index contributed by atoms with van der Waals surface area (Å²) in [7, 11) is 0. The monoisotopic (exact) mass is 276 g/mol. The van der Waals surface area contributed by atoms with Gasteiger partial charge >= 0.3 is 0 Å². The van der Waals surface area contributed by atoms with Crippen LogP contribution in [0.5, 0.6) is 0 Å². The van der Waals surface area contributed by atoms with Crippen molar-refractivity contribution < 1.29 is 4.79 Å². The van der Waals surface area contributed by atoms with Crippen molar-refractivity contribution in [3.8, 4) is 0 Å². The quantitative estimate of drug-likeness (QED) is 0.896. The van der Waals surface area contributed by atoms with Crippen LogP contribution in [0.3, 0.4) is 0 Å². The van der Waals surface area contributed by atoms with Gasteiger partial charge in [0.15, 0.2) is 0 Å². The molecule has 1 fully saturated rings. The van der Waals surface area contributed by atoms with Gasteiger partial charge in [0.2, 0.25) is 0 Å². The van der Waals surface area contributed by atoms with Crippen LogP contribution >= 0.6 is 0 Å². The third kappa shape index (κ3) is 4.18. The van der Waals surface area contributed by atoms with Gasteiger partial charge in [0.05, 0.1) is 12.4 Å². The maximum Gasteiger partial charge on any atom is 0.271 e. The minimum absolute atomic E-state index is 0.136. The van der Waals surface area contributed by atoms with Crippen LogP contribution in [0.25, 0.3) is 0 Å². The minimum Gasteiger partial charge on any atom is -0.355 e. The van der Waals surface area contributed by atoms with Crippen molar-refractivity contribution in [2.45, 2.75) is 39.5 Å². The van der Waals surface area contributed by atoms with E-state index in [1.54, 1.807) is 12.4 Å². The van der Waals surface area contributed by atoms with Gasteiger partial charge in [0.25, 0.3) is 5.91 Å². The lowest BCUT2D eigenvalue weighted by Crippen LogP contribution is -2.31. The molecule has 0 bridgehead atoms. The molecule has 0 spiro atoms. The smallest absolute Gasteiger partial charge is 0.271 e. The largest absolute Gasteiger partial charge is 0.355 e. The lowest BCUT2D eigenvalue weighted by Gasteiger charge is -2.27. The summed E-state index contributed by atoms with van der Waals surface area (Å²) < 4.78 is 0. The van der Waals surface area contributed by atoms with Gasteiger partial charge in [-0.3, -0.25) is 4.79 Å². The number of anilines is 1. The Hall–Kier alpha value is -1.65. The molecule has 110 valence electrons. The number of hydrogen-bond acceptors (Lipinski definition) is 4. The summed E-state index contributed by atoms with van der Waals surface area (Å²) in [4.78, 5) is 22.7. The first kappa shape index (κ1) is 14.8. The fourth-order valence-corrected chi connectivity index (χ4v) is 2.29. The number of carbonyl (C=O) groups excluding carboxylic acids is 1. The van der Waals surface area contributed by atoms with E-state index in [0.717, 1.165) is 25.3 Å². The Bertz CT molecular complexity index is 424. The summed E-state index contributed by atoms with van der Waals surface area (Å²) in [5.41, 5.74) is 0.398. The van der Waals surface area contributed by atoms with Crippen molar-refractivity contribution in [2.24, 2.45) is 5.92 Å².